The minimum Gasteiger partial charge on any atom is -0.481 e. The third kappa shape index (κ3) is 2.34. The maximum absolute atomic E-state index is 11.3. The summed E-state index contributed by atoms with van der Waals surface area (Å²) in [6, 6.07) is 7.55. The van der Waals surface area contributed by atoms with Crippen LogP contribution in [0.25, 0.3) is 0 Å². The zero-order valence-corrected chi connectivity index (χ0v) is 10.2. The number of carboxylic acid groups (broad SMARTS) is 1. The van der Waals surface area contributed by atoms with Crippen molar-refractivity contribution in [1.29, 1.82) is 0 Å². The average molecular weight is 234 g/mol. The fourth-order valence-electron chi connectivity index (χ4n) is 2.33. The van der Waals surface area contributed by atoms with Crippen molar-refractivity contribution >= 4 is 5.97 Å². The first-order valence-corrected chi connectivity index (χ1v) is 5.89. The summed E-state index contributed by atoms with van der Waals surface area (Å²) in [6.07, 6.45) is 1.88. The molecule has 1 saturated carbocycles. The lowest BCUT2D eigenvalue weighted by Gasteiger charge is -2.21. The van der Waals surface area contributed by atoms with E-state index in [4.69, 9.17) is 0 Å². The van der Waals surface area contributed by atoms with E-state index in [1.165, 1.54) is 0 Å². The summed E-state index contributed by atoms with van der Waals surface area (Å²) in [7, 11) is 0. The van der Waals surface area contributed by atoms with Crippen LogP contribution in [0.3, 0.4) is 0 Å². The molecule has 0 amide bonds. The van der Waals surface area contributed by atoms with Crippen LogP contribution in [0.5, 0.6) is 0 Å². The number of hydrogen-bond acceptors (Lipinski definition) is 2. The fraction of sp³-hybridized carbons (Fsp3) is 0.500. The van der Waals surface area contributed by atoms with Gasteiger partial charge in [-0.05, 0) is 37.8 Å². The van der Waals surface area contributed by atoms with E-state index in [9.17, 15) is 15.0 Å². The van der Waals surface area contributed by atoms with Gasteiger partial charge in [-0.1, -0.05) is 24.3 Å². The molecule has 0 unspecified atom stereocenters. The van der Waals surface area contributed by atoms with Crippen molar-refractivity contribution in [2.24, 2.45) is 0 Å². The Morgan fingerprint density at radius 2 is 1.94 bits per heavy atom. The zero-order chi connectivity index (χ0) is 12.7. The highest BCUT2D eigenvalue weighted by Gasteiger charge is 2.52. The summed E-state index contributed by atoms with van der Waals surface area (Å²) in [6.45, 7) is 3.48. The number of carbonyl (C=O) groups is 1. The molecule has 1 aliphatic rings. The van der Waals surface area contributed by atoms with Gasteiger partial charge in [0.2, 0.25) is 0 Å². The van der Waals surface area contributed by atoms with Gasteiger partial charge in [-0.15, -0.1) is 0 Å². The van der Waals surface area contributed by atoms with E-state index in [1.807, 2.05) is 24.3 Å². The molecule has 0 aliphatic heterocycles. The highest BCUT2D eigenvalue weighted by atomic mass is 16.4. The fourth-order valence-corrected chi connectivity index (χ4v) is 2.33. The average Bonchev–Trinajstić information content (AvgIpc) is 2.96. The molecular weight excluding hydrogens is 216 g/mol. The Morgan fingerprint density at radius 1 is 1.35 bits per heavy atom. The van der Waals surface area contributed by atoms with Crippen LogP contribution < -0.4 is 0 Å². The molecule has 17 heavy (non-hydrogen) atoms. The van der Waals surface area contributed by atoms with Crippen LogP contribution in [0.2, 0.25) is 0 Å². The van der Waals surface area contributed by atoms with Crippen LogP contribution in [0, 0.1) is 0 Å². The Balaban J connectivity index is 2.38. The lowest BCUT2D eigenvalue weighted by atomic mass is 9.86. The molecule has 1 fully saturated rings. The van der Waals surface area contributed by atoms with Crippen molar-refractivity contribution in [3.05, 3.63) is 35.4 Å². The van der Waals surface area contributed by atoms with Crippen LogP contribution in [0.1, 0.15) is 37.8 Å². The maximum atomic E-state index is 11.3. The van der Waals surface area contributed by atoms with E-state index < -0.39 is 17.0 Å². The summed E-state index contributed by atoms with van der Waals surface area (Å²) in [4.78, 5) is 11.3. The highest BCUT2D eigenvalue weighted by Crippen LogP contribution is 2.49. The zero-order valence-electron chi connectivity index (χ0n) is 10.2. The molecule has 3 nitrogen and oxygen atoms in total. The Kier molecular flexibility index (Phi) is 2.74. The molecule has 0 radical (unpaired) electrons. The van der Waals surface area contributed by atoms with E-state index in [1.54, 1.807) is 13.8 Å². The van der Waals surface area contributed by atoms with Crippen LogP contribution >= 0.6 is 0 Å². The van der Waals surface area contributed by atoms with Crippen molar-refractivity contribution in [3.8, 4) is 0 Å². The number of carboxylic acids is 1. The smallest absolute Gasteiger partial charge is 0.314 e. The van der Waals surface area contributed by atoms with Crippen LogP contribution in [0.15, 0.2) is 24.3 Å². The van der Waals surface area contributed by atoms with Gasteiger partial charge in [0.25, 0.3) is 0 Å². The largest absolute Gasteiger partial charge is 0.481 e. The molecule has 1 aromatic carbocycles. The van der Waals surface area contributed by atoms with E-state index in [2.05, 4.69) is 0 Å². The van der Waals surface area contributed by atoms with Crippen LogP contribution in [-0.4, -0.2) is 21.8 Å². The third-order valence-electron chi connectivity index (χ3n) is 3.32. The van der Waals surface area contributed by atoms with Crippen LogP contribution in [0.4, 0.5) is 0 Å². The summed E-state index contributed by atoms with van der Waals surface area (Å²) in [5.41, 5.74) is 0.307. The molecule has 0 bridgehead atoms. The van der Waals surface area contributed by atoms with Crippen molar-refractivity contribution in [1.82, 2.24) is 0 Å². The van der Waals surface area contributed by atoms with Gasteiger partial charge in [0.05, 0.1) is 11.0 Å². The normalized spacial score (nSPS) is 17.8. The Hall–Kier alpha value is -1.35. The molecule has 2 rings (SSSR count). The Bertz CT molecular complexity index is 439. The lowest BCUT2D eigenvalue weighted by Crippen LogP contribution is -2.26. The SMILES string of the molecule is CC(C)(O)Cc1ccccc1C1(C(=O)O)CC1. The Morgan fingerprint density at radius 3 is 2.41 bits per heavy atom. The van der Waals surface area contributed by atoms with E-state index >= 15 is 0 Å². The van der Waals surface area contributed by atoms with E-state index in [0.29, 0.717) is 19.3 Å². The molecule has 0 aromatic heterocycles. The number of hydrogen-bond donors (Lipinski definition) is 2. The molecule has 2 N–H and O–H groups in total. The van der Waals surface area contributed by atoms with Gasteiger partial charge in [-0.25, -0.2) is 0 Å². The monoisotopic (exact) mass is 234 g/mol. The lowest BCUT2D eigenvalue weighted by molar-refractivity contribution is -0.140. The summed E-state index contributed by atoms with van der Waals surface area (Å²) < 4.78 is 0. The second kappa shape index (κ2) is 3.84. The van der Waals surface area contributed by atoms with Gasteiger partial charge >= 0.3 is 5.97 Å². The third-order valence-corrected chi connectivity index (χ3v) is 3.32. The number of aliphatic carboxylic acids is 1. The molecule has 3 heteroatoms. The van der Waals surface area contributed by atoms with Crippen molar-refractivity contribution in [2.75, 3.05) is 0 Å². The number of rotatable bonds is 4. The summed E-state index contributed by atoms with van der Waals surface area (Å²) in [5.74, 6) is -0.749. The van der Waals surface area contributed by atoms with E-state index in [-0.39, 0.29) is 0 Å². The first-order valence-electron chi connectivity index (χ1n) is 5.89. The van der Waals surface area contributed by atoms with Gasteiger partial charge in [0.15, 0.2) is 0 Å². The molecular formula is C14H18O3. The van der Waals surface area contributed by atoms with Gasteiger partial charge in [0, 0.05) is 6.42 Å². The molecule has 0 heterocycles. The highest BCUT2D eigenvalue weighted by molar-refractivity contribution is 5.85. The molecule has 1 aromatic rings. The summed E-state index contributed by atoms with van der Waals surface area (Å²) in [5, 5.41) is 19.2. The predicted molar refractivity (Wildman–Crippen MR) is 65.0 cm³/mol. The van der Waals surface area contributed by atoms with Gasteiger partial charge in [-0.3, -0.25) is 4.79 Å². The van der Waals surface area contributed by atoms with Crippen LogP contribution in [-0.2, 0) is 16.6 Å². The minimum atomic E-state index is -0.815. The molecule has 0 spiro atoms. The molecule has 0 atom stereocenters. The van der Waals surface area contributed by atoms with Gasteiger partial charge in [0.1, 0.15) is 0 Å². The van der Waals surface area contributed by atoms with Crippen molar-refractivity contribution in [2.45, 2.75) is 44.1 Å². The second-order valence-electron chi connectivity index (χ2n) is 5.53. The number of benzene rings is 1. The first kappa shape index (κ1) is 12.1. The first-order chi connectivity index (χ1) is 7.85. The van der Waals surface area contributed by atoms with Gasteiger partial charge in [-0.2, -0.15) is 0 Å². The quantitative estimate of drug-likeness (QED) is 0.839. The van der Waals surface area contributed by atoms with Crippen molar-refractivity contribution in [3.63, 3.8) is 0 Å². The second-order valence-corrected chi connectivity index (χ2v) is 5.53. The number of aliphatic hydroxyl groups is 1. The molecule has 92 valence electrons. The minimum absolute atomic E-state index is 0.484. The standard InChI is InChI=1S/C14H18O3/c1-13(2,17)9-10-5-3-4-6-11(10)14(7-8-14)12(15)16/h3-6,17H,7-9H2,1-2H3,(H,15,16). The van der Waals surface area contributed by atoms with Crippen molar-refractivity contribution < 1.29 is 15.0 Å². The maximum Gasteiger partial charge on any atom is 0.314 e. The van der Waals surface area contributed by atoms with Gasteiger partial charge < -0.3 is 10.2 Å². The molecule has 1 aliphatic carbocycles. The predicted octanol–water partition coefficient (Wildman–Crippen LogP) is 2.12. The topological polar surface area (TPSA) is 57.5 Å². The van der Waals surface area contributed by atoms with E-state index in [0.717, 1.165) is 11.1 Å². The summed E-state index contributed by atoms with van der Waals surface area (Å²) >= 11 is 0. The Labute approximate surface area is 101 Å². The molecule has 0 saturated heterocycles.